The third-order valence-corrected chi connectivity index (χ3v) is 6.11. The van der Waals surface area contributed by atoms with Crippen molar-refractivity contribution < 1.29 is 22.7 Å². The van der Waals surface area contributed by atoms with E-state index in [4.69, 9.17) is 4.74 Å². The molecule has 0 spiro atoms. The molecule has 0 aromatic heterocycles. The SMILES string of the molecule is CN(c1ccccc1C(=O)Nc1ccccc1C(=O)NC[C@H]1CCCO1)S(C)(=O)=O. The number of anilines is 2. The van der Waals surface area contributed by atoms with Gasteiger partial charge in [-0.2, -0.15) is 0 Å². The lowest BCUT2D eigenvalue weighted by molar-refractivity contribution is 0.0858. The first kappa shape index (κ1) is 21.8. The van der Waals surface area contributed by atoms with E-state index in [1.54, 1.807) is 42.5 Å². The van der Waals surface area contributed by atoms with Crippen molar-refractivity contribution in [3.63, 3.8) is 0 Å². The van der Waals surface area contributed by atoms with Crippen molar-refractivity contribution in [1.82, 2.24) is 5.32 Å². The van der Waals surface area contributed by atoms with Crippen LogP contribution in [0.3, 0.4) is 0 Å². The molecule has 2 aromatic rings. The van der Waals surface area contributed by atoms with Crippen molar-refractivity contribution in [2.75, 3.05) is 36.1 Å². The predicted molar refractivity (Wildman–Crippen MR) is 115 cm³/mol. The Labute approximate surface area is 176 Å². The van der Waals surface area contributed by atoms with Gasteiger partial charge in [0.1, 0.15) is 0 Å². The van der Waals surface area contributed by atoms with Crippen molar-refractivity contribution in [2.45, 2.75) is 18.9 Å². The number of nitrogens with one attached hydrogen (secondary N) is 2. The molecular weight excluding hydrogens is 406 g/mol. The Morgan fingerprint density at radius 2 is 1.73 bits per heavy atom. The molecule has 3 rings (SSSR count). The number of hydrogen-bond donors (Lipinski definition) is 2. The Hall–Kier alpha value is -2.91. The average Bonchev–Trinajstić information content (AvgIpc) is 3.25. The molecule has 1 saturated heterocycles. The molecule has 2 amide bonds. The van der Waals surface area contributed by atoms with Gasteiger partial charge in [0, 0.05) is 20.2 Å². The number of carbonyl (C=O) groups is 2. The molecule has 0 saturated carbocycles. The van der Waals surface area contributed by atoms with Crippen LogP contribution in [0.2, 0.25) is 0 Å². The summed E-state index contributed by atoms with van der Waals surface area (Å²) in [7, 11) is -2.16. The van der Waals surface area contributed by atoms with E-state index < -0.39 is 15.9 Å². The first-order valence-electron chi connectivity index (χ1n) is 9.60. The summed E-state index contributed by atoms with van der Waals surface area (Å²) in [5.74, 6) is -0.830. The molecule has 0 unspecified atom stereocenters. The van der Waals surface area contributed by atoms with Crippen molar-refractivity contribution in [2.24, 2.45) is 0 Å². The van der Waals surface area contributed by atoms with E-state index in [0.717, 1.165) is 23.4 Å². The van der Waals surface area contributed by atoms with E-state index in [9.17, 15) is 18.0 Å². The van der Waals surface area contributed by atoms with E-state index in [1.165, 1.54) is 13.1 Å². The molecule has 1 fully saturated rings. The van der Waals surface area contributed by atoms with Crippen LogP contribution in [0.15, 0.2) is 48.5 Å². The number of carbonyl (C=O) groups excluding carboxylic acids is 2. The van der Waals surface area contributed by atoms with Crippen LogP contribution in [0, 0.1) is 0 Å². The summed E-state index contributed by atoms with van der Waals surface area (Å²) in [6.07, 6.45) is 2.96. The van der Waals surface area contributed by atoms with E-state index in [-0.39, 0.29) is 23.3 Å². The molecule has 0 bridgehead atoms. The Balaban J connectivity index is 1.79. The number of benzene rings is 2. The van der Waals surface area contributed by atoms with E-state index in [0.29, 0.717) is 24.4 Å². The average molecular weight is 432 g/mol. The van der Waals surface area contributed by atoms with E-state index >= 15 is 0 Å². The summed E-state index contributed by atoms with van der Waals surface area (Å²) in [5, 5.41) is 5.57. The van der Waals surface area contributed by atoms with Gasteiger partial charge in [0.25, 0.3) is 11.8 Å². The van der Waals surface area contributed by atoms with Crippen LogP contribution < -0.4 is 14.9 Å². The minimum atomic E-state index is -3.54. The molecule has 8 nitrogen and oxygen atoms in total. The lowest BCUT2D eigenvalue weighted by Gasteiger charge is -2.20. The van der Waals surface area contributed by atoms with Crippen LogP contribution in [-0.2, 0) is 14.8 Å². The zero-order valence-electron chi connectivity index (χ0n) is 16.9. The van der Waals surface area contributed by atoms with Crippen molar-refractivity contribution in [3.8, 4) is 0 Å². The first-order chi connectivity index (χ1) is 14.3. The maximum atomic E-state index is 12.9. The third-order valence-electron chi connectivity index (χ3n) is 4.92. The van der Waals surface area contributed by atoms with Gasteiger partial charge in [-0.3, -0.25) is 13.9 Å². The van der Waals surface area contributed by atoms with Gasteiger partial charge in [-0.25, -0.2) is 8.42 Å². The topological polar surface area (TPSA) is 105 Å². The number of para-hydroxylation sites is 2. The second-order valence-electron chi connectivity index (χ2n) is 7.09. The zero-order chi connectivity index (χ0) is 21.7. The van der Waals surface area contributed by atoms with Gasteiger partial charge < -0.3 is 15.4 Å². The number of sulfonamides is 1. The Morgan fingerprint density at radius 1 is 1.07 bits per heavy atom. The van der Waals surface area contributed by atoms with Gasteiger partial charge in [-0.15, -0.1) is 0 Å². The number of ether oxygens (including phenoxy) is 1. The summed E-state index contributed by atoms with van der Waals surface area (Å²) >= 11 is 0. The van der Waals surface area contributed by atoms with Crippen molar-refractivity contribution in [3.05, 3.63) is 59.7 Å². The monoisotopic (exact) mass is 431 g/mol. The number of hydrogen-bond acceptors (Lipinski definition) is 5. The molecule has 1 atom stereocenters. The second kappa shape index (κ2) is 9.27. The lowest BCUT2D eigenvalue weighted by Crippen LogP contribution is -2.32. The van der Waals surface area contributed by atoms with Crippen LogP contribution in [0.5, 0.6) is 0 Å². The maximum Gasteiger partial charge on any atom is 0.257 e. The molecule has 1 aliphatic rings. The summed E-state index contributed by atoms with van der Waals surface area (Å²) in [6.45, 7) is 1.11. The van der Waals surface area contributed by atoms with Crippen molar-refractivity contribution >= 4 is 33.2 Å². The zero-order valence-corrected chi connectivity index (χ0v) is 17.7. The molecule has 2 aromatic carbocycles. The van der Waals surface area contributed by atoms with Crippen LogP contribution >= 0.6 is 0 Å². The molecule has 2 N–H and O–H groups in total. The molecule has 1 aliphatic heterocycles. The van der Waals surface area contributed by atoms with Gasteiger partial charge in [0.15, 0.2) is 0 Å². The molecule has 0 aliphatic carbocycles. The highest BCUT2D eigenvalue weighted by Gasteiger charge is 2.22. The first-order valence-corrected chi connectivity index (χ1v) is 11.5. The van der Waals surface area contributed by atoms with Gasteiger partial charge in [-0.05, 0) is 37.1 Å². The summed E-state index contributed by atoms with van der Waals surface area (Å²) in [4.78, 5) is 25.6. The Morgan fingerprint density at radius 3 is 2.40 bits per heavy atom. The van der Waals surface area contributed by atoms with Crippen LogP contribution in [0.25, 0.3) is 0 Å². The maximum absolute atomic E-state index is 12.9. The molecular formula is C21H25N3O5S. The third kappa shape index (κ3) is 5.17. The number of rotatable bonds is 7. The summed E-state index contributed by atoms with van der Waals surface area (Å²) < 4.78 is 30.4. The fourth-order valence-corrected chi connectivity index (χ4v) is 3.72. The van der Waals surface area contributed by atoms with E-state index in [2.05, 4.69) is 10.6 Å². The van der Waals surface area contributed by atoms with Crippen molar-refractivity contribution in [1.29, 1.82) is 0 Å². The Bertz CT molecular complexity index is 1030. The summed E-state index contributed by atoms with van der Waals surface area (Å²) in [5.41, 5.74) is 1.08. The fourth-order valence-electron chi connectivity index (χ4n) is 3.21. The molecule has 9 heteroatoms. The highest BCUT2D eigenvalue weighted by Crippen LogP contribution is 2.24. The fraction of sp³-hybridized carbons (Fsp3) is 0.333. The lowest BCUT2D eigenvalue weighted by atomic mass is 10.1. The van der Waals surface area contributed by atoms with Crippen LogP contribution in [-0.4, -0.2) is 52.8 Å². The smallest absolute Gasteiger partial charge is 0.257 e. The van der Waals surface area contributed by atoms with Crippen LogP contribution in [0.4, 0.5) is 11.4 Å². The minimum Gasteiger partial charge on any atom is -0.376 e. The number of nitrogens with zero attached hydrogens (tertiary/aromatic N) is 1. The quantitative estimate of drug-likeness (QED) is 0.700. The summed E-state index contributed by atoms with van der Waals surface area (Å²) in [6, 6.07) is 13.1. The molecule has 160 valence electrons. The van der Waals surface area contributed by atoms with E-state index in [1.807, 2.05) is 0 Å². The largest absolute Gasteiger partial charge is 0.376 e. The second-order valence-corrected chi connectivity index (χ2v) is 9.11. The van der Waals surface area contributed by atoms with Crippen LogP contribution in [0.1, 0.15) is 33.6 Å². The number of amides is 2. The highest BCUT2D eigenvalue weighted by atomic mass is 32.2. The normalized spacial score (nSPS) is 16.1. The highest BCUT2D eigenvalue weighted by molar-refractivity contribution is 7.92. The molecule has 30 heavy (non-hydrogen) atoms. The standard InChI is InChI=1S/C21H25N3O5S/c1-24(30(2,27)28)19-12-6-4-10-17(19)21(26)23-18-11-5-3-9-16(18)20(25)22-14-15-8-7-13-29-15/h3-6,9-12,15H,7-8,13-14H2,1-2H3,(H,22,25)(H,23,26)/t15-/m1/s1. The van der Waals surface area contributed by atoms with Gasteiger partial charge in [-0.1, -0.05) is 24.3 Å². The Kier molecular flexibility index (Phi) is 6.73. The van der Waals surface area contributed by atoms with Gasteiger partial charge >= 0.3 is 0 Å². The molecule has 0 radical (unpaired) electrons. The molecule has 1 heterocycles. The van der Waals surface area contributed by atoms with Gasteiger partial charge in [0.05, 0.1) is 34.9 Å². The van der Waals surface area contributed by atoms with Gasteiger partial charge in [0.2, 0.25) is 10.0 Å². The predicted octanol–water partition coefficient (Wildman–Crippen LogP) is 2.24. The minimum absolute atomic E-state index is 0.00844.